The van der Waals surface area contributed by atoms with E-state index in [-0.39, 0.29) is 16.9 Å². The smallest absolute Gasteiger partial charge is 0.264 e. The van der Waals surface area contributed by atoms with E-state index in [1.807, 2.05) is 0 Å². The highest BCUT2D eigenvalue weighted by atomic mass is 32.2. The minimum atomic E-state index is -3.90. The topological polar surface area (TPSA) is 104 Å². The van der Waals surface area contributed by atoms with Crippen molar-refractivity contribution >= 4 is 31.6 Å². The van der Waals surface area contributed by atoms with E-state index in [9.17, 15) is 21.6 Å². The van der Waals surface area contributed by atoms with Crippen LogP contribution in [0.1, 0.15) is 68.1 Å². The number of hydrogen-bond donors (Lipinski definition) is 1. The second-order valence-electron chi connectivity index (χ2n) is 9.31. The standard InChI is InChI=1S/C23H33N3O5S2/c1-2-11-23(12-13-23)33(30,31)24-22(27)19-9-10-20(25-14-5-3-6-15-25)21(18-19)32(28,29)26-16-7-4-8-17-26/h2,9-10,18H,1,3-8,11-17H2,(H,24,27). The van der Waals surface area contributed by atoms with Gasteiger partial charge in [-0.1, -0.05) is 12.5 Å². The third-order valence-corrected chi connectivity index (χ3v) is 11.1. The van der Waals surface area contributed by atoms with Crippen molar-refractivity contribution in [3.8, 4) is 0 Å². The van der Waals surface area contributed by atoms with E-state index in [4.69, 9.17) is 0 Å². The Balaban J connectivity index is 1.68. The average molecular weight is 496 g/mol. The quantitative estimate of drug-likeness (QED) is 0.556. The van der Waals surface area contributed by atoms with Gasteiger partial charge in [0.2, 0.25) is 20.0 Å². The molecule has 1 saturated carbocycles. The second-order valence-corrected chi connectivity index (χ2v) is 13.3. The Bertz CT molecular complexity index is 1110. The number of nitrogens with zero attached hydrogens (tertiary/aromatic N) is 2. The van der Waals surface area contributed by atoms with E-state index in [1.165, 1.54) is 16.4 Å². The summed E-state index contributed by atoms with van der Waals surface area (Å²) in [6.45, 7) is 6.04. The summed E-state index contributed by atoms with van der Waals surface area (Å²) in [5.41, 5.74) is 0.620. The number of anilines is 1. The van der Waals surface area contributed by atoms with Gasteiger partial charge in [-0.3, -0.25) is 4.79 Å². The van der Waals surface area contributed by atoms with Crippen LogP contribution in [0.5, 0.6) is 0 Å². The van der Waals surface area contributed by atoms with Crippen LogP contribution in [-0.2, 0) is 20.0 Å². The van der Waals surface area contributed by atoms with Crippen molar-refractivity contribution in [3.05, 3.63) is 36.4 Å². The first kappa shape index (κ1) is 24.2. The molecule has 1 amide bonds. The predicted molar refractivity (Wildman–Crippen MR) is 128 cm³/mol. The molecule has 0 aromatic heterocycles. The van der Waals surface area contributed by atoms with Crippen molar-refractivity contribution < 1.29 is 21.6 Å². The van der Waals surface area contributed by atoms with Crippen molar-refractivity contribution in [2.75, 3.05) is 31.1 Å². The van der Waals surface area contributed by atoms with Gasteiger partial charge in [0.15, 0.2) is 0 Å². The lowest BCUT2D eigenvalue weighted by Crippen LogP contribution is -2.40. The molecule has 2 heterocycles. The van der Waals surface area contributed by atoms with Gasteiger partial charge in [0.05, 0.1) is 10.4 Å². The van der Waals surface area contributed by atoms with Gasteiger partial charge in [-0.05, 0) is 69.6 Å². The Labute approximate surface area is 197 Å². The van der Waals surface area contributed by atoms with Crippen molar-refractivity contribution in [2.45, 2.75) is 67.4 Å². The zero-order valence-electron chi connectivity index (χ0n) is 19.0. The molecule has 4 rings (SSSR count). The Hall–Kier alpha value is -1.91. The van der Waals surface area contributed by atoms with Crippen molar-refractivity contribution in [1.82, 2.24) is 9.03 Å². The molecule has 182 valence electrons. The summed E-state index contributed by atoms with van der Waals surface area (Å²) < 4.78 is 55.5. The summed E-state index contributed by atoms with van der Waals surface area (Å²) in [4.78, 5) is 15.1. The van der Waals surface area contributed by atoms with Crippen LogP contribution >= 0.6 is 0 Å². The zero-order chi connectivity index (χ0) is 23.7. The van der Waals surface area contributed by atoms with E-state index in [0.717, 1.165) is 51.6 Å². The van der Waals surface area contributed by atoms with Crippen LogP contribution in [0.2, 0.25) is 0 Å². The summed E-state index contributed by atoms with van der Waals surface area (Å²) in [5, 5.41) is 0. The minimum absolute atomic E-state index is 0.0318. The third kappa shape index (κ3) is 4.83. The number of hydrogen-bond acceptors (Lipinski definition) is 6. The maximum atomic E-state index is 13.6. The maximum absolute atomic E-state index is 13.6. The molecule has 0 bridgehead atoms. The lowest BCUT2D eigenvalue weighted by atomic mass is 10.1. The highest BCUT2D eigenvalue weighted by Crippen LogP contribution is 2.46. The van der Waals surface area contributed by atoms with Crippen LogP contribution in [0.3, 0.4) is 0 Å². The first-order valence-corrected chi connectivity index (χ1v) is 14.7. The molecule has 3 fully saturated rings. The number of benzene rings is 1. The number of piperidine rings is 2. The highest BCUT2D eigenvalue weighted by molar-refractivity contribution is 7.91. The van der Waals surface area contributed by atoms with Gasteiger partial charge in [-0.2, -0.15) is 4.31 Å². The van der Waals surface area contributed by atoms with Crippen molar-refractivity contribution in [2.24, 2.45) is 0 Å². The van der Waals surface area contributed by atoms with Gasteiger partial charge in [-0.25, -0.2) is 21.6 Å². The molecule has 0 spiro atoms. The van der Waals surface area contributed by atoms with Crippen LogP contribution in [0, 0.1) is 0 Å². The average Bonchev–Trinajstić information content (AvgIpc) is 3.61. The van der Waals surface area contributed by atoms with Gasteiger partial charge in [0, 0.05) is 31.7 Å². The molecule has 0 atom stereocenters. The lowest BCUT2D eigenvalue weighted by molar-refractivity contribution is 0.0980. The van der Waals surface area contributed by atoms with Crippen LogP contribution < -0.4 is 9.62 Å². The SMILES string of the molecule is C=CCC1(S(=O)(=O)NC(=O)c2ccc(N3CCCCC3)c(S(=O)(=O)N3CCCCC3)c2)CC1. The summed E-state index contributed by atoms with van der Waals surface area (Å²) in [6.07, 6.45) is 8.46. The van der Waals surface area contributed by atoms with Crippen LogP contribution in [0.15, 0.2) is 35.7 Å². The van der Waals surface area contributed by atoms with Gasteiger partial charge in [-0.15, -0.1) is 6.58 Å². The Morgan fingerprint density at radius 1 is 0.970 bits per heavy atom. The minimum Gasteiger partial charge on any atom is -0.370 e. The first-order chi connectivity index (χ1) is 15.7. The normalized spacial score (nSPS) is 21.4. The van der Waals surface area contributed by atoms with Crippen LogP contribution in [0.4, 0.5) is 5.69 Å². The number of sulfonamides is 2. The lowest BCUT2D eigenvalue weighted by Gasteiger charge is -2.33. The largest absolute Gasteiger partial charge is 0.370 e. The van der Waals surface area contributed by atoms with Crippen LogP contribution in [-0.4, -0.2) is 58.0 Å². The first-order valence-electron chi connectivity index (χ1n) is 11.8. The number of carbonyl (C=O) groups excluding carboxylic acids is 1. The van der Waals surface area contributed by atoms with Crippen molar-refractivity contribution in [1.29, 1.82) is 0 Å². The summed E-state index contributed by atoms with van der Waals surface area (Å²) in [6, 6.07) is 4.53. The molecule has 2 saturated heterocycles. The molecular weight excluding hydrogens is 462 g/mol. The second kappa shape index (κ2) is 9.38. The van der Waals surface area contributed by atoms with Gasteiger partial charge >= 0.3 is 0 Å². The fourth-order valence-electron chi connectivity index (χ4n) is 4.78. The number of carbonyl (C=O) groups is 1. The number of rotatable bonds is 8. The molecule has 0 radical (unpaired) electrons. The van der Waals surface area contributed by atoms with E-state index in [0.29, 0.717) is 31.6 Å². The predicted octanol–water partition coefficient (Wildman–Crippen LogP) is 3.02. The number of amides is 1. The van der Waals surface area contributed by atoms with Gasteiger partial charge in [0.1, 0.15) is 4.90 Å². The highest BCUT2D eigenvalue weighted by Gasteiger charge is 2.54. The Morgan fingerprint density at radius 2 is 1.58 bits per heavy atom. The van der Waals surface area contributed by atoms with Crippen LogP contribution in [0.25, 0.3) is 0 Å². The Morgan fingerprint density at radius 3 is 2.15 bits per heavy atom. The van der Waals surface area contributed by atoms with Crippen molar-refractivity contribution in [3.63, 3.8) is 0 Å². The summed E-state index contributed by atoms with van der Waals surface area (Å²) in [5.74, 6) is -0.800. The number of allylic oxidation sites excluding steroid dienone is 1. The van der Waals surface area contributed by atoms with E-state index < -0.39 is 30.7 Å². The zero-order valence-corrected chi connectivity index (χ0v) is 20.6. The van der Waals surface area contributed by atoms with E-state index in [1.54, 1.807) is 12.1 Å². The summed E-state index contributed by atoms with van der Waals surface area (Å²) in [7, 11) is -7.72. The molecule has 8 nitrogen and oxygen atoms in total. The fourth-order valence-corrected chi connectivity index (χ4v) is 8.09. The molecule has 0 unspecified atom stereocenters. The maximum Gasteiger partial charge on any atom is 0.264 e. The molecule has 1 aromatic carbocycles. The molecule has 2 aliphatic heterocycles. The third-order valence-electron chi connectivity index (χ3n) is 6.97. The van der Waals surface area contributed by atoms with E-state index in [2.05, 4.69) is 16.2 Å². The van der Waals surface area contributed by atoms with Gasteiger partial charge < -0.3 is 4.90 Å². The molecule has 33 heavy (non-hydrogen) atoms. The van der Waals surface area contributed by atoms with Gasteiger partial charge in [0.25, 0.3) is 5.91 Å². The summed E-state index contributed by atoms with van der Waals surface area (Å²) >= 11 is 0. The Kier molecular flexibility index (Phi) is 6.89. The molecule has 3 aliphatic rings. The molecular formula is C23H33N3O5S2. The molecule has 10 heteroatoms. The number of nitrogens with one attached hydrogen (secondary N) is 1. The molecule has 1 N–H and O–H groups in total. The molecule has 1 aromatic rings. The van der Waals surface area contributed by atoms with E-state index >= 15 is 0 Å². The monoisotopic (exact) mass is 495 g/mol. The molecule has 1 aliphatic carbocycles. The fraction of sp³-hybridized carbons (Fsp3) is 0.609.